The monoisotopic (exact) mass is 178 g/mol. The number of halogens is 1. The predicted molar refractivity (Wildman–Crippen MR) is 48.4 cm³/mol. The van der Waals surface area contributed by atoms with E-state index < -0.39 is 0 Å². The minimum Gasteiger partial charge on any atom is -0.298 e. The molecule has 0 aromatic heterocycles. The maximum Gasteiger partial charge on any atom is 0.150 e. The van der Waals surface area contributed by atoms with Gasteiger partial charge in [0, 0.05) is 5.56 Å². The van der Waals surface area contributed by atoms with Gasteiger partial charge in [0.15, 0.2) is 0 Å². The highest BCUT2D eigenvalue weighted by atomic mass is 19.1. The van der Waals surface area contributed by atoms with Gasteiger partial charge in [-0.25, -0.2) is 4.39 Å². The van der Waals surface area contributed by atoms with Crippen LogP contribution in [0.4, 0.5) is 4.39 Å². The van der Waals surface area contributed by atoms with E-state index in [1.54, 1.807) is 12.1 Å². The molecule has 0 radical (unpaired) electrons. The molecule has 1 aliphatic carbocycles. The Labute approximate surface area is 76.6 Å². The van der Waals surface area contributed by atoms with Crippen molar-refractivity contribution in [1.29, 1.82) is 0 Å². The molecule has 1 fully saturated rings. The Balaban J connectivity index is 2.43. The highest BCUT2D eigenvalue weighted by Gasteiger charge is 2.40. The van der Waals surface area contributed by atoms with Crippen molar-refractivity contribution in [2.45, 2.75) is 25.2 Å². The van der Waals surface area contributed by atoms with Crippen molar-refractivity contribution in [1.82, 2.24) is 0 Å². The predicted octanol–water partition coefficient (Wildman–Crippen LogP) is 2.69. The van der Waals surface area contributed by atoms with Gasteiger partial charge >= 0.3 is 0 Å². The zero-order valence-electron chi connectivity index (χ0n) is 7.51. The van der Waals surface area contributed by atoms with Crippen molar-refractivity contribution in [3.8, 4) is 0 Å². The molecule has 68 valence electrons. The molecular formula is C11H11FO. The molecular weight excluding hydrogens is 167 g/mol. The second-order valence-corrected chi connectivity index (χ2v) is 3.92. The number of hydrogen-bond acceptors (Lipinski definition) is 1. The molecule has 0 N–H and O–H groups in total. The second kappa shape index (κ2) is 2.66. The lowest BCUT2D eigenvalue weighted by molar-refractivity contribution is 0.112. The first-order chi connectivity index (χ1) is 6.15. The van der Waals surface area contributed by atoms with Crippen molar-refractivity contribution < 1.29 is 9.18 Å². The van der Waals surface area contributed by atoms with E-state index in [9.17, 15) is 9.18 Å². The summed E-state index contributed by atoms with van der Waals surface area (Å²) in [6.45, 7) is 2.05. The van der Waals surface area contributed by atoms with Crippen LogP contribution in [-0.4, -0.2) is 6.29 Å². The number of carbonyl (C=O) groups is 1. The molecule has 0 atom stereocenters. The lowest BCUT2D eigenvalue weighted by atomic mass is 9.97. The van der Waals surface area contributed by atoms with Crippen LogP contribution in [-0.2, 0) is 5.41 Å². The van der Waals surface area contributed by atoms with Crippen LogP contribution in [0.5, 0.6) is 0 Å². The maximum atomic E-state index is 13.4. The number of rotatable bonds is 2. The number of aldehydes is 1. The third-order valence-electron chi connectivity index (χ3n) is 2.78. The SMILES string of the molecule is CC1(c2ccc(C=O)cc2F)CC1. The van der Waals surface area contributed by atoms with Crippen LogP contribution < -0.4 is 0 Å². The van der Waals surface area contributed by atoms with Gasteiger partial charge in [0.1, 0.15) is 12.1 Å². The molecule has 0 amide bonds. The van der Waals surface area contributed by atoms with Gasteiger partial charge < -0.3 is 0 Å². The van der Waals surface area contributed by atoms with Gasteiger partial charge in [-0.2, -0.15) is 0 Å². The van der Waals surface area contributed by atoms with Crippen LogP contribution in [0.2, 0.25) is 0 Å². The smallest absolute Gasteiger partial charge is 0.150 e. The van der Waals surface area contributed by atoms with Gasteiger partial charge in [-0.15, -0.1) is 0 Å². The van der Waals surface area contributed by atoms with Crippen LogP contribution in [0.1, 0.15) is 35.7 Å². The van der Waals surface area contributed by atoms with Crippen molar-refractivity contribution in [3.63, 3.8) is 0 Å². The maximum absolute atomic E-state index is 13.4. The molecule has 13 heavy (non-hydrogen) atoms. The Hall–Kier alpha value is -1.18. The highest BCUT2D eigenvalue weighted by molar-refractivity contribution is 5.74. The third kappa shape index (κ3) is 1.37. The lowest BCUT2D eigenvalue weighted by Gasteiger charge is -2.09. The van der Waals surface area contributed by atoms with Crippen LogP contribution in [0.3, 0.4) is 0 Å². The normalized spacial score (nSPS) is 18.3. The Morgan fingerprint density at radius 1 is 1.46 bits per heavy atom. The minimum atomic E-state index is -0.246. The summed E-state index contributed by atoms with van der Waals surface area (Å²) in [6, 6.07) is 4.72. The number of benzene rings is 1. The molecule has 0 aliphatic heterocycles. The summed E-state index contributed by atoms with van der Waals surface area (Å²) in [5, 5.41) is 0. The summed E-state index contributed by atoms with van der Waals surface area (Å²) in [4.78, 5) is 10.4. The fourth-order valence-corrected chi connectivity index (χ4v) is 1.55. The second-order valence-electron chi connectivity index (χ2n) is 3.92. The molecule has 1 saturated carbocycles. The van der Waals surface area contributed by atoms with Crippen LogP contribution >= 0.6 is 0 Å². The van der Waals surface area contributed by atoms with E-state index in [1.165, 1.54) is 6.07 Å². The van der Waals surface area contributed by atoms with Crippen molar-refractivity contribution in [3.05, 3.63) is 35.1 Å². The number of carbonyl (C=O) groups excluding carboxylic acids is 1. The molecule has 0 spiro atoms. The zero-order chi connectivity index (χ0) is 9.47. The molecule has 2 rings (SSSR count). The molecule has 2 heteroatoms. The molecule has 1 aromatic rings. The van der Waals surface area contributed by atoms with Gasteiger partial charge in [0.2, 0.25) is 0 Å². The first-order valence-electron chi connectivity index (χ1n) is 4.41. The van der Waals surface area contributed by atoms with Gasteiger partial charge in [-0.3, -0.25) is 4.79 Å². The zero-order valence-corrected chi connectivity index (χ0v) is 7.51. The van der Waals surface area contributed by atoms with Gasteiger partial charge in [0.25, 0.3) is 0 Å². The van der Waals surface area contributed by atoms with Crippen LogP contribution in [0, 0.1) is 5.82 Å². The highest BCUT2D eigenvalue weighted by Crippen LogP contribution is 2.48. The molecule has 1 aliphatic rings. The molecule has 0 bridgehead atoms. The van der Waals surface area contributed by atoms with Crippen molar-refractivity contribution >= 4 is 6.29 Å². The third-order valence-corrected chi connectivity index (χ3v) is 2.78. The summed E-state index contributed by atoms with van der Waals surface area (Å²) in [5.41, 5.74) is 1.19. The first kappa shape index (κ1) is 8.42. The average molecular weight is 178 g/mol. The molecule has 1 aromatic carbocycles. The summed E-state index contributed by atoms with van der Waals surface area (Å²) >= 11 is 0. The molecule has 1 nitrogen and oxygen atoms in total. The van der Waals surface area contributed by atoms with Gasteiger partial charge in [0.05, 0.1) is 0 Å². The fourth-order valence-electron chi connectivity index (χ4n) is 1.55. The van der Waals surface area contributed by atoms with E-state index in [1.807, 2.05) is 6.92 Å². The largest absolute Gasteiger partial charge is 0.298 e. The van der Waals surface area contributed by atoms with Gasteiger partial charge in [-0.05, 0) is 29.9 Å². The van der Waals surface area contributed by atoms with E-state index >= 15 is 0 Å². The standard InChI is InChI=1S/C11H11FO/c1-11(4-5-11)9-3-2-8(7-13)6-10(9)12/h2-3,6-7H,4-5H2,1H3. The summed E-state index contributed by atoms with van der Waals surface area (Å²) in [7, 11) is 0. The average Bonchev–Trinajstić information content (AvgIpc) is 2.84. The summed E-state index contributed by atoms with van der Waals surface area (Å²) in [6.07, 6.45) is 2.76. The van der Waals surface area contributed by atoms with E-state index in [4.69, 9.17) is 0 Å². The van der Waals surface area contributed by atoms with Gasteiger partial charge in [-0.1, -0.05) is 19.1 Å². The van der Waals surface area contributed by atoms with E-state index in [0.29, 0.717) is 11.8 Å². The van der Waals surface area contributed by atoms with Crippen LogP contribution in [0.25, 0.3) is 0 Å². The topological polar surface area (TPSA) is 17.1 Å². The van der Waals surface area contributed by atoms with E-state index in [0.717, 1.165) is 18.4 Å². The van der Waals surface area contributed by atoms with Crippen molar-refractivity contribution in [2.24, 2.45) is 0 Å². The Morgan fingerprint density at radius 2 is 2.15 bits per heavy atom. The van der Waals surface area contributed by atoms with Crippen molar-refractivity contribution in [2.75, 3.05) is 0 Å². The first-order valence-corrected chi connectivity index (χ1v) is 4.41. The summed E-state index contributed by atoms with van der Waals surface area (Å²) in [5.74, 6) is -0.246. The molecule has 0 unspecified atom stereocenters. The fraction of sp³-hybridized carbons (Fsp3) is 0.364. The Bertz CT molecular complexity index is 353. The Kier molecular flexibility index (Phi) is 1.72. The lowest BCUT2D eigenvalue weighted by Crippen LogP contribution is -2.03. The quantitative estimate of drug-likeness (QED) is 0.636. The minimum absolute atomic E-state index is 0.0332. The van der Waals surface area contributed by atoms with E-state index in [-0.39, 0.29) is 11.2 Å². The Morgan fingerprint density at radius 3 is 2.62 bits per heavy atom. The van der Waals surface area contributed by atoms with Crippen LogP contribution in [0.15, 0.2) is 18.2 Å². The number of hydrogen-bond donors (Lipinski definition) is 0. The molecule has 0 heterocycles. The summed E-state index contributed by atoms with van der Waals surface area (Å²) < 4.78 is 13.4. The molecule has 0 saturated heterocycles. The van der Waals surface area contributed by atoms with E-state index in [2.05, 4.69) is 0 Å².